The summed E-state index contributed by atoms with van der Waals surface area (Å²) in [6.07, 6.45) is -0.746. The van der Waals surface area contributed by atoms with Crippen molar-refractivity contribution in [2.75, 3.05) is 19.0 Å². The molecule has 1 aromatic carbocycles. The number of aliphatic hydroxyl groups is 1. The minimum Gasteiger partial charge on any atom is -0.389 e. The summed E-state index contributed by atoms with van der Waals surface area (Å²) < 4.78 is 0.631. The summed E-state index contributed by atoms with van der Waals surface area (Å²) in [5.74, 6) is 0. The van der Waals surface area contributed by atoms with E-state index < -0.39 is 11.0 Å². The Hall–Kier alpha value is -1.71. The average Bonchev–Trinajstić information content (AvgIpc) is 2.87. The summed E-state index contributed by atoms with van der Waals surface area (Å²) in [6.45, 7) is 1.57. The Labute approximate surface area is 129 Å². The van der Waals surface area contributed by atoms with Gasteiger partial charge in [0.2, 0.25) is 5.13 Å². The van der Waals surface area contributed by atoms with Crippen LogP contribution in [0.1, 0.15) is 18.6 Å². The molecule has 1 unspecified atom stereocenters. The Bertz CT molecular complexity index is 658. The third-order valence-electron chi connectivity index (χ3n) is 2.64. The molecule has 1 heterocycles. The summed E-state index contributed by atoms with van der Waals surface area (Å²) in [4.78, 5) is 13.0. The Kier molecular flexibility index (Phi) is 4.76. The van der Waals surface area contributed by atoms with Crippen LogP contribution in [-0.2, 0) is 0 Å². The van der Waals surface area contributed by atoms with Gasteiger partial charge in [0, 0.05) is 20.2 Å². The van der Waals surface area contributed by atoms with E-state index in [2.05, 4.69) is 10.2 Å². The maximum Gasteiger partial charge on any atom is 0.283 e. The van der Waals surface area contributed by atoms with Crippen LogP contribution < -0.4 is 4.90 Å². The molecule has 1 aromatic heterocycles. The first-order chi connectivity index (χ1) is 9.88. The van der Waals surface area contributed by atoms with Crippen LogP contribution in [0.15, 0.2) is 27.4 Å². The van der Waals surface area contributed by atoms with Gasteiger partial charge in [-0.2, -0.15) is 0 Å². The molecule has 21 heavy (non-hydrogen) atoms. The zero-order valence-corrected chi connectivity index (χ0v) is 13.3. The number of hydrogen-bond donors (Lipinski definition) is 1. The number of rotatable bonds is 5. The molecule has 1 N–H and O–H groups in total. The molecule has 112 valence electrons. The molecular formula is C12H14N4O3S2. The lowest BCUT2D eigenvalue weighted by Crippen LogP contribution is -2.07. The number of hydrogen-bond acceptors (Lipinski definition) is 8. The highest BCUT2D eigenvalue weighted by molar-refractivity contribution is 8.01. The van der Waals surface area contributed by atoms with Crippen LogP contribution in [0.3, 0.4) is 0 Å². The van der Waals surface area contributed by atoms with E-state index in [1.165, 1.54) is 29.2 Å². The number of nitro benzene ring substituents is 1. The zero-order chi connectivity index (χ0) is 15.6. The molecule has 0 aliphatic heterocycles. The van der Waals surface area contributed by atoms with Crippen molar-refractivity contribution in [2.24, 2.45) is 0 Å². The Morgan fingerprint density at radius 1 is 1.43 bits per heavy atom. The van der Waals surface area contributed by atoms with E-state index in [1.807, 2.05) is 19.0 Å². The summed E-state index contributed by atoms with van der Waals surface area (Å²) in [5.41, 5.74) is 0.470. The van der Waals surface area contributed by atoms with Crippen LogP contribution in [0.25, 0.3) is 0 Å². The standard InChI is InChI=1S/C12H14N4O3S2/c1-7(17)8-4-5-10(9(6-8)16(18)19)20-12-14-13-11(21-12)15(2)3/h4-7,17H,1-3H3. The van der Waals surface area contributed by atoms with Gasteiger partial charge in [0.15, 0.2) is 4.34 Å². The van der Waals surface area contributed by atoms with Gasteiger partial charge in [-0.15, -0.1) is 10.2 Å². The van der Waals surface area contributed by atoms with Crippen LogP contribution >= 0.6 is 23.1 Å². The lowest BCUT2D eigenvalue weighted by Gasteiger charge is -2.06. The lowest BCUT2D eigenvalue weighted by atomic mass is 10.1. The van der Waals surface area contributed by atoms with E-state index in [-0.39, 0.29) is 5.69 Å². The topological polar surface area (TPSA) is 92.4 Å². The minimum atomic E-state index is -0.746. The second-order valence-electron chi connectivity index (χ2n) is 4.51. The van der Waals surface area contributed by atoms with E-state index in [4.69, 9.17) is 0 Å². The highest BCUT2D eigenvalue weighted by Gasteiger charge is 2.19. The molecule has 2 aromatic rings. The van der Waals surface area contributed by atoms with Crippen LogP contribution in [0.4, 0.5) is 10.8 Å². The van der Waals surface area contributed by atoms with Crippen molar-refractivity contribution < 1.29 is 10.0 Å². The first-order valence-electron chi connectivity index (χ1n) is 6.03. The maximum atomic E-state index is 11.2. The Morgan fingerprint density at radius 2 is 2.14 bits per heavy atom. The molecule has 0 fully saturated rings. The Balaban J connectivity index is 2.32. The van der Waals surface area contributed by atoms with Crippen LogP contribution in [0, 0.1) is 10.1 Å². The second kappa shape index (κ2) is 6.37. The largest absolute Gasteiger partial charge is 0.389 e. The first kappa shape index (κ1) is 15.7. The van der Waals surface area contributed by atoms with Gasteiger partial charge in [-0.3, -0.25) is 10.1 Å². The summed E-state index contributed by atoms with van der Waals surface area (Å²) >= 11 is 2.56. The smallest absolute Gasteiger partial charge is 0.283 e. The quantitative estimate of drug-likeness (QED) is 0.667. The number of nitrogens with zero attached hydrogens (tertiary/aromatic N) is 4. The third kappa shape index (κ3) is 3.69. The number of aliphatic hydroxyl groups excluding tert-OH is 1. The summed E-state index contributed by atoms with van der Waals surface area (Å²) in [5, 5.41) is 29.4. The lowest BCUT2D eigenvalue weighted by molar-refractivity contribution is -0.387. The minimum absolute atomic E-state index is 0.0417. The maximum absolute atomic E-state index is 11.2. The van der Waals surface area contributed by atoms with E-state index >= 15 is 0 Å². The third-order valence-corrected chi connectivity index (χ3v) is 4.84. The molecule has 0 aliphatic rings. The molecule has 0 spiro atoms. The van der Waals surface area contributed by atoms with Crippen molar-refractivity contribution in [2.45, 2.75) is 22.3 Å². The van der Waals surface area contributed by atoms with Gasteiger partial charge in [-0.05, 0) is 30.3 Å². The van der Waals surface area contributed by atoms with Crippen molar-refractivity contribution in [3.05, 3.63) is 33.9 Å². The molecule has 0 saturated carbocycles. The monoisotopic (exact) mass is 326 g/mol. The van der Waals surface area contributed by atoms with Crippen molar-refractivity contribution in [3.8, 4) is 0 Å². The van der Waals surface area contributed by atoms with Crippen LogP contribution in [-0.4, -0.2) is 34.3 Å². The Morgan fingerprint density at radius 3 is 2.67 bits per heavy atom. The molecule has 0 bridgehead atoms. The molecule has 2 rings (SSSR count). The molecule has 7 nitrogen and oxygen atoms in total. The van der Waals surface area contributed by atoms with Gasteiger partial charge >= 0.3 is 0 Å². The highest BCUT2D eigenvalue weighted by Crippen LogP contribution is 2.38. The van der Waals surface area contributed by atoms with Gasteiger partial charge in [0.1, 0.15) is 0 Å². The highest BCUT2D eigenvalue weighted by atomic mass is 32.2. The molecule has 1 atom stereocenters. The van der Waals surface area contributed by atoms with Gasteiger partial charge in [-0.25, -0.2) is 0 Å². The molecule has 0 amide bonds. The van der Waals surface area contributed by atoms with Crippen molar-refractivity contribution >= 4 is 33.9 Å². The molecule has 9 heteroatoms. The van der Waals surface area contributed by atoms with Gasteiger partial charge in [-0.1, -0.05) is 17.4 Å². The van der Waals surface area contributed by atoms with Crippen molar-refractivity contribution in [1.29, 1.82) is 0 Å². The predicted molar refractivity (Wildman–Crippen MR) is 82.1 cm³/mol. The fourth-order valence-corrected chi connectivity index (χ4v) is 3.35. The number of benzene rings is 1. The predicted octanol–water partition coefficient (Wildman–Crippen LogP) is 2.72. The first-order valence-corrected chi connectivity index (χ1v) is 7.67. The fraction of sp³-hybridized carbons (Fsp3) is 0.333. The molecule has 0 saturated heterocycles. The molecule has 0 radical (unpaired) electrons. The van der Waals surface area contributed by atoms with Crippen molar-refractivity contribution in [1.82, 2.24) is 10.2 Å². The van der Waals surface area contributed by atoms with Crippen LogP contribution in [0.5, 0.6) is 0 Å². The van der Waals surface area contributed by atoms with Gasteiger partial charge in [0.05, 0.1) is 15.9 Å². The number of aromatic nitrogens is 2. The average molecular weight is 326 g/mol. The van der Waals surface area contributed by atoms with Crippen molar-refractivity contribution in [3.63, 3.8) is 0 Å². The van der Waals surface area contributed by atoms with Gasteiger partial charge < -0.3 is 10.0 Å². The number of anilines is 1. The van der Waals surface area contributed by atoms with E-state index in [9.17, 15) is 15.2 Å². The molecular weight excluding hydrogens is 312 g/mol. The summed E-state index contributed by atoms with van der Waals surface area (Å²) in [6, 6.07) is 4.69. The second-order valence-corrected chi connectivity index (χ2v) is 6.75. The molecule has 0 aliphatic carbocycles. The normalized spacial score (nSPS) is 12.2. The van der Waals surface area contributed by atoms with Gasteiger partial charge in [0.25, 0.3) is 5.69 Å². The van der Waals surface area contributed by atoms with E-state index in [0.717, 1.165) is 5.13 Å². The SMILES string of the molecule is CC(O)c1ccc(Sc2nnc(N(C)C)s2)c([N+](=O)[O-])c1. The number of nitro groups is 1. The van der Waals surface area contributed by atoms with E-state index in [1.54, 1.807) is 19.1 Å². The van der Waals surface area contributed by atoms with Crippen LogP contribution in [0.2, 0.25) is 0 Å². The zero-order valence-electron chi connectivity index (χ0n) is 11.7. The fourth-order valence-electron chi connectivity index (χ4n) is 1.54. The van der Waals surface area contributed by atoms with E-state index in [0.29, 0.717) is 14.8 Å². The summed E-state index contributed by atoms with van der Waals surface area (Å²) in [7, 11) is 3.71.